The number of benzene rings is 1. The molecule has 0 unspecified atom stereocenters. The van der Waals surface area contributed by atoms with E-state index in [-0.39, 0.29) is 23.5 Å². The topological polar surface area (TPSA) is 72.5 Å². The number of carbonyl (C=O) groups excluding carboxylic acids is 1. The Balaban J connectivity index is 1.50. The van der Waals surface area contributed by atoms with Gasteiger partial charge >= 0.3 is 0 Å². The van der Waals surface area contributed by atoms with Crippen molar-refractivity contribution in [3.8, 4) is 5.75 Å². The van der Waals surface area contributed by atoms with Gasteiger partial charge < -0.3 is 10.1 Å². The first-order valence-electron chi connectivity index (χ1n) is 7.26. The summed E-state index contributed by atoms with van der Waals surface area (Å²) in [7, 11) is -2.94. The number of nitrogens with one attached hydrogen (secondary N) is 1. The number of carbonyl (C=O) groups is 1. The summed E-state index contributed by atoms with van der Waals surface area (Å²) in [6.07, 6.45) is 2.51. The molecule has 2 aliphatic heterocycles. The number of sulfone groups is 1. The normalized spacial score (nSPS) is 22.6. The zero-order valence-corrected chi connectivity index (χ0v) is 12.6. The molecule has 6 heteroatoms. The number of ether oxygens (including phenoxy) is 1. The van der Waals surface area contributed by atoms with Crippen molar-refractivity contribution in [2.24, 2.45) is 0 Å². The second-order valence-corrected chi connectivity index (χ2v) is 7.94. The SMILES string of the molecule is O=C(CCc1ccc2c(c1)CCO2)N[C@@H]1CCS(=O)(=O)C1. The van der Waals surface area contributed by atoms with Crippen molar-refractivity contribution in [3.63, 3.8) is 0 Å². The zero-order chi connectivity index (χ0) is 14.9. The summed E-state index contributed by atoms with van der Waals surface area (Å²) in [5.41, 5.74) is 2.32. The molecule has 1 amide bonds. The van der Waals surface area contributed by atoms with Crippen LogP contribution in [0.15, 0.2) is 18.2 Å². The van der Waals surface area contributed by atoms with E-state index >= 15 is 0 Å². The smallest absolute Gasteiger partial charge is 0.220 e. The molecule has 1 atom stereocenters. The van der Waals surface area contributed by atoms with Crippen molar-refractivity contribution in [1.29, 1.82) is 0 Å². The highest BCUT2D eigenvalue weighted by molar-refractivity contribution is 7.91. The molecule has 1 fully saturated rings. The van der Waals surface area contributed by atoms with E-state index in [4.69, 9.17) is 4.74 Å². The van der Waals surface area contributed by atoms with Crippen molar-refractivity contribution < 1.29 is 17.9 Å². The van der Waals surface area contributed by atoms with Gasteiger partial charge in [-0.05, 0) is 30.0 Å². The molecule has 0 bridgehead atoms. The van der Waals surface area contributed by atoms with Crippen molar-refractivity contribution >= 4 is 15.7 Å². The summed E-state index contributed by atoms with van der Waals surface area (Å²) in [5.74, 6) is 1.13. The molecule has 5 nitrogen and oxygen atoms in total. The van der Waals surface area contributed by atoms with Gasteiger partial charge in [0, 0.05) is 18.9 Å². The van der Waals surface area contributed by atoms with Crippen LogP contribution in [0.25, 0.3) is 0 Å². The van der Waals surface area contributed by atoms with Gasteiger partial charge in [-0.1, -0.05) is 12.1 Å². The van der Waals surface area contributed by atoms with Crippen LogP contribution in [-0.4, -0.2) is 38.5 Å². The van der Waals surface area contributed by atoms with Gasteiger partial charge in [0.05, 0.1) is 18.1 Å². The molecule has 1 aromatic carbocycles. The van der Waals surface area contributed by atoms with Gasteiger partial charge in [0.2, 0.25) is 5.91 Å². The van der Waals surface area contributed by atoms with Crippen LogP contribution in [0.5, 0.6) is 5.75 Å². The molecule has 0 aliphatic carbocycles. The fourth-order valence-corrected chi connectivity index (χ4v) is 4.54. The lowest BCUT2D eigenvalue weighted by molar-refractivity contribution is -0.121. The summed E-state index contributed by atoms with van der Waals surface area (Å²) >= 11 is 0. The average molecular weight is 309 g/mol. The Kier molecular flexibility index (Phi) is 3.89. The van der Waals surface area contributed by atoms with Crippen molar-refractivity contribution in [1.82, 2.24) is 5.32 Å². The Hall–Kier alpha value is -1.56. The Morgan fingerprint density at radius 1 is 1.38 bits per heavy atom. The molecule has 2 heterocycles. The van der Waals surface area contributed by atoms with Crippen LogP contribution in [-0.2, 0) is 27.5 Å². The molecule has 3 rings (SSSR count). The van der Waals surface area contributed by atoms with E-state index in [1.54, 1.807) is 0 Å². The standard InChI is InChI=1S/C15H19NO4S/c17-15(16-13-6-8-21(18,19)10-13)4-2-11-1-3-14-12(9-11)5-7-20-14/h1,3,9,13H,2,4-8,10H2,(H,16,17)/t13-/m1/s1. The van der Waals surface area contributed by atoms with Crippen molar-refractivity contribution in [3.05, 3.63) is 29.3 Å². The van der Waals surface area contributed by atoms with E-state index in [9.17, 15) is 13.2 Å². The second kappa shape index (κ2) is 5.67. The summed E-state index contributed by atoms with van der Waals surface area (Å²) in [6, 6.07) is 5.82. The van der Waals surface area contributed by atoms with E-state index in [0.717, 1.165) is 24.3 Å². The number of rotatable bonds is 4. The lowest BCUT2D eigenvalue weighted by atomic mass is 10.0. The third-order valence-electron chi connectivity index (χ3n) is 3.99. The largest absolute Gasteiger partial charge is 0.493 e. The molecule has 21 heavy (non-hydrogen) atoms. The predicted molar refractivity (Wildman–Crippen MR) is 79.2 cm³/mol. The van der Waals surface area contributed by atoms with E-state index < -0.39 is 9.84 Å². The number of fused-ring (bicyclic) bond motifs is 1. The highest BCUT2D eigenvalue weighted by atomic mass is 32.2. The van der Waals surface area contributed by atoms with Gasteiger partial charge in [-0.25, -0.2) is 8.42 Å². The molecule has 0 radical (unpaired) electrons. The van der Waals surface area contributed by atoms with Gasteiger partial charge in [0.25, 0.3) is 0 Å². The first-order chi connectivity index (χ1) is 10.0. The summed E-state index contributed by atoms with van der Waals surface area (Å²) in [5, 5.41) is 2.81. The quantitative estimate of drug-likeness (QED) is 0.895. The van der Waals surface area contributed by atoms with Crippen LogP contribution in [0.4, 0.5) is 0 Å². The maximum absolute atomic E-state index is 11.9. The molecule has 114 valence electrons. The molecule has 0 saturated carbocycles. The molecule has 1 aromatic rings. The fourth-order valence-electron chi connectivity index (χ4n) is 2.86. The van der Waals surface area contributed by atoms with E-state index in [1.807, 2.05) is 12.1 Å². The van der Waals surface area contributed by atoms with Crippen LogP contribution in [0.2, 0.25) is 0 Å². The first-order valence-corrected chi connectivity index (χ1v) is 9.08. The van der Waals surface area contributed by atoms with Gasteiger partial charge in [-0.15, -0.1) is 0 Å². The first kappa shape index (κ1) is 14.4. The molecule has 0 spiro atoms. The van der Waals surface area contributed by atoms with Crippen LogP contribution < -0.4 is 10.1 Å². The number of hydrogen-bond acceptors (Lipinski definition) is 4. The van der Waals surface area contributed by atoms with E-state index in [1.165, 1.54) is 5.56 Å². The molecular weight excluding hydrogens is 290 g/mol. The maximum Gasteiger partial charge on any atom is 0.220 e. The summed E-state index contributed by atoms with van der Waals surface area (Å²) in [6.45, 7) is 0.732. The zero-order valence-electron chi connectivity index (χ0n) is 11.8. The number of aryl methyl sites for hydroxylation is 1. The highest BCUT2D eigenvalue weighted by Gasteiger charge is 2.28. The van der Waals surface area contributed by atoms with Crippen LogP contribution >= 0.6 is 0 Å². The van der Waals surface area contributed by atoms with Crippen molar-refractivity contribution in [2.75, 3.05) is 18.1 Å². The number of hydrogen-bond donors (Lipinski definition) is 1. The Bertz CT molecular complexity index is 654. The minimum Gasteiger partial charge on any atom is -0.493 e. The Labute approximate surface area is 124 Å². The third kappa shape index (κ3) is 3.56. The lowest BCUT2D eigenvalue weighted by Crippen LogP contribution is -2.35. The maximum atomic E-state index is 11.9. The monoisotopic (exact) mass is 309 g/mol. The fraction of sp³-hybridized carbons (Fsp3) is 0.533. The van der Waals surface area contributed by atoms with Gasteiger partial charge in [-0.2, -0.15) is 0 Å². The van der Waals surface area contributed by atoms with Crippen LogP contribution in [0.3, 0.4) is 0 Å². The van der Waals surface area contributed by atoms with Gasteiger partial charge in [-0.3, -0.25) is 4.79 Å². The van der Waals surface area contributed by atoms with Gasteiger partial charge in [0.1, 0.15) is 5.75 Å². The lowest BCUT2D eigenvalue weighted by Gasteiger charge is -2.11. The summed E-state index contributed by atoms with van der Waals surface area (Å²) in [4.78, 5) is 11.9. The molecule has 0 aromatic heterocycles. The predicted octanol–water partition coefficient (Wildman–Crippen LogP) is 0.857. The van der Waals surface area contributed by atoms with Crippen LogP contribution in [0.1, 0.15) is 24.0 Å². The second-order valence-electron chi connectivity index (χ2n) is 5.71. The molecule has 2 aliphatic rings. The van der Waals surface area contributed by atoms with Crippen molar-refractivity contribution in [2.45, 2.75) is 31.7 Å². The molecule has 1 saturated heterocycles. The minimum absolute atomic E-state index is 0.0751. The average Bonchev–Trinajstić information content (AvgIpc) is 3.02. The minimum atomic E-state index is -2.94. The Morgan fingerprint density at radius 3 is 3.00 bits per heavy atom. The van der Waals surface area contributed by atoms with E-state index in [2.05, 4.69) is 11.4 Å². The third-order valence-corrected chi connectivity index (χ3v) is 5.76. The van der Waals surface area contributed by atoms with Gasteiger partial charge in [0.15, 0.2) is 9.84 Å². The Morgan fingerprint density at radius 2 is 2.24 bits per heavy atom. The molecule has 1 N–H and O–H groups in total. The highest BCUT2D eigenvalue weighted by Crippen LogP contribution is 2.26. The van der Waals surface area contributed by atoms with Crippen LogP contribution in [0, 0.1) is 0 Å². The number of amides is 1. The summed E-state index contributed by atoms with van der Waals surface area (Å²) < 4.78 is 28.1. The molecular formula is C15H19NO4S. The van der Waals surface area contributed by atoms with E-state index in [0.29, 0.717) is 19.3 Å².